The van der Waals surface area contributed by atoms with Crippen LogP contribution in [0.1, 0.15) is 63.3 Å². The molecule has 4 rings (SSSR count). The summed E-state index contributed by atoms with van der Waals surface area (Å²) in [5, 5.41) is 10.3. The fourth-order valence-corrected chi connectivity index (χ4v) is 5.53. The molecule has 1 N–H and O–H groups in total. The van der Waals surface area contributed by atoms with Gasteiger partial charge >= 0.3 is 5.97 Å². The van der Waals surface area contributed by atoms with E-state index in [1.807, 2.05) is 24.3 Å². The number of aromatic hydroxyl groups is 1. The zero-order chi connectivity index (χ0) is 26.9. The van der Waals surface area contributed by atoms with Crippen LogP contribution in [-0.4, -0.2) is 28.9 Å². The van der Waals surface area contributed by atoms with Crippen molar-refractivity contribution in [3.8, 4) is 11.5 Å². The molecule has 0 radical (unpaired) electrons. The first kappa shape index (κ1) is 26.7. The van der Waals surface area contributed by atoms with E-state index in [-0.39, 0.29) is 28.7 Å². The highest BCUT2D eigenvalue weighted by molar-refractivity contribution is 7.07. The number of aromatic nitrogens is 1. The smallest absolute Gasteiger partial charge is 0.338 e. The monoisotopic (exact) mass is 540 g/mol. The first-order valence-corrected chi connectivity index (χ1v) is 13.3. The van der Waals surface area contributed by atoms with Crippen molar-refractivity contribution in [2.45, 2.75) is 46.6 Å². The number of phenolic OH excluding ortho intramolecular Hbond substituents is 1. The largest absolute Gasteiger partial charge is 0.503 e. The number of hydrogen-bond acceptors (Lipinski definition) is 7. The molecule has 0 fully saturated rings. The van der Waals surface area contributed by atoms with Gasteiger partial charge < -0.3 is 14.6 Å². The van der Waals surface area contributed by atoms with Crippen molar-refractivity contribution in [3.05, 3.63) is 89.1 Å². The van der Waals surface area contributed by atoms with Gasteiger partial charge in [-0.15, -0.1) is 0 Å². The predicted molar refractivity (Wildman–Crippen MR) is 145 cm³/mol. The van der Waals surface area contributed by atoms with E-state index in [1.54, 1.807) is 43.5 Å². The molecule has 2 aromatic carbocycles. The van der Waals surface area contributed by atoms with Crippen molar-refractivity contribution in [2.24, 2.45) is 4.99 Å². The molecule has 0 aliphatic carbocycles. The lowest BCUT2D eigenvalue weighted by Crippen LogP contribution is -2.39. The molecule has 1 aliphatic heterocycles. The first-order valence-electron chi connectivity index (χ1n) is 12.1. The van der Waals surface area contributed by atoms with Crippen molar-refractivity contribution < 1.29 is 19.4 Å². The van der Waals surface area contributed by atoms with Gasteiger partial charge in [0.1, 0.15) is 0 Å². The number of phenols is 1. The summed E-state index contributed by atoms with van der Waals surface area (Å²) in [5.41, 5.74) is 3.10. The summed E-state index contributed by atoms with van der Waals surface area (Å²) in [6, 6.07) is 10.4. The lowest BCUT2D eigenvalue weighted by Gasteiger charge is -2.25. The molecule has 194 valence electrons. The number of carbonyl (C=O) groups is 1. The van der Waals surface area contributed by atoms with E-state index in [1.165, 1.54) is 11.3 Å². The fraction of sp³-hybridized carbons (Fsp3) is 0.321. The van der Waals surface area contributed by atoms with E-state index >= 15 is 0 Å². The van der Waals surface area contributed by atoms with Crippen molar-refractivity contribution in [2.75, 3.05) is 13.2 Å². The molecule has 1 atom stereocenters. The SMILES string of the molecule is CCOC(=O)C1=C(C)N=c2s/c(=C/c3cc(Cl)c(O)c(OCC)c3)c(=O)n2C1c1ccc(C(C)C)cc1. The van der Waals surface area contributed by atoms with Crippen LogP contribution in [-0.2, 0) is 9.53 Å². The highest BCUT2D eigenvalue weighted by Crippen LogP contribution is 2.35. The Labute approximate surface area is 224 Å². The number of allylic oxidation sites excluding steroid dienone is 1. The first-order chi connectivity index (χ1) is 17.7. The topological polar surface area (TPSA) is 90.1 Å². The van der Waals surface area contributed by atoms with Crippen LogP contribution >= 0.6 is 22.9 Å². The number of thiazole rings is 1. The maximum absolute atomic E-state index is 13.8. The number of carbonyl (C=O) groups excluding carboxylic acids is 1. The molecule has 37 heavy (non-hydrogen) atoms. The molecule has 0 spiro atoms. The predicted octanol–water partition coefficient (Wildman–Crippen LogP) is 4.68. The van der Waals surface area contributed by atoms with Gasteiger partial charge in [0.05, 0.1) is 40.1 Å². The van der Waals surface area contributed by atoms with Crippen LogP contribution in [0.3, 0.4) is 0 Å². The third-order valence-electron chi connectivity index (χ3n) is 6.08. The second kappa shape index (κ2) is 10.9. The Morgan fingerprint density at radius 1 is 1.22 bits per heavy atom. The number of esters is 1. The van der Waals surface area contributed by atoms with Crippen LogP contribution in [0.5, 0.6) is 11.5 Å². The summed E-state index contributed by atoms with van der Waals surface area (Å²) in [6.45, 7) is 10.1. The molecule has 0 saturated heterocycles. The summed E-state index contributed by atoms with van der Waals surface area (Å²) in [4.78, 5) is 31.9. The number of benzene rings is 2. The third-order valence-corrected chi connectivity index (χ3v) is 7.36. The van der Waals surface area contributed by atoms with Gasteiger partial charge in [-0.1, -0.05) is 61.1 Å². The molecule has 9 heteroatoms. The Balaban J connectivity index is 1.92. The minimum atomic E-state index is -0.680. The lowest BCUT2D eigenvalue weighted by molar-refractivity contribution is -0.139. The van der Waals surface area contributed by atoms with Gasteiger partial charge in [0.2, 0.25) is 0 Å². The Kier molecular flexibility index (Phi) is 7.90. The van der Waals surface area contributed by atoms with E-state index in [0.717, 1.165) is 11.1 Å². The Hall–Kier alpha value is -3.36. The highest BCUT2D eigenvalue weighted by Gasteiger charge is 2.33. The van der Waals surface area contributed by atoms with Crippen LogP contribution < -0.4 is 19.6 Å². The van der Waals surface area contributed by atoms with E-state index in [0.29, 0.717) is 38.7 Å². The summed E-state index contributed by atoms with van der Waals surface area (Å²) in [6.07, 6.45) is 1.68. The van der Waals surface area contributed by atoms with Crippen LogP contribution in [0.2, 0.25) is 5.02 Å². The van der Waals surface area contributed by atoms with Crippen LogP contribution in [0.25, 0.3) is 6.08 Å². The van der Waals surface area contributed by atoms with E-state index in [9.17, 15) is 14.7 Å². The van der Waals surface area contributed by atoms with Crippen molar-refractivity contribution in [1.29, 1.82) is 0 Å². The summed E-state index contributed by atoms with van der Waals surface area (Å²) >= 11 is 7.42. The van der Waals surface area contributed by atoms with Crippen molar-refractivity contribution in [3.63, 3.8) is 0 Å². The number of rotatable bonds is 7. The van der Waals surface area contributed by atoms with E-state index in [4.69, 9.17) is 21.1 Å². The fourth-order valence-electron chi connectivity index (χ4n) is 4.26. The molecule has 7 nitrogen and oxygen atoms in total. The van der Waals surface area contributed by atoms with Crippen LogP contribution in [0, 0.1) is 0 Å². The van der Waals surface area contributed by atoms with Crippen LogP contribution in [0.15, 0.2) is 57.5 Å². The lowest BCUT2D eigenvalue weighted by atomic mass is 9.93. The number of fused-ring (bicyclic) bond motifs is 1. The van der Waals surface area contributed by atoms with Crippen LogP contribution in [0.4, 0.5) is 0 Å². The molecule has 2 heterocycles. The molecule has 1 aliphatic rings. The quantitative estimate of drug-likeness (QED) is 0.439. The summed E-state index contributed by atoms with van der Waals surface area (Å²) in [7, 11) is 0. The Morgan fingerprint density at radius 2 is 1.92 bits per heavy atom. The zero-order valence-electron chi connectivity index (χ0n) is 21.4. The molecule has 1 unspecified atom stereocenters. The number of halogens is 1. The summed E-state index contributed by atoms with van der Waals surface area (Å²) < 4.78 is 12.8. The molecule has 0 bridgehead atoms. The van der Waals surface area contributed by atoms with Gasteiger partial charge in [0, 0.05) is 0 Å². The highest BCUT2D eigenvalue weighted by atomic mass is 35.5. The van der Waals surface area contributed by atoms with Gasteiger partial charge in [-0.2, -0.15) is 0 Å². The Morgan fingerprint density at radius 3 is 2.54 bits per heavy atom. The van der Waals surface area contributed by atoms with Crippen molar-refractivity contribution in [1.82, 2.24) is 4.57 Å². The number of ether oxygens (including phenoxy) is 2. The maximum Gasteiger partial charge on any atom is 0.338 e. The normalized spacial score (nSPS) is 15.5. The van der Waals surface area contributed by atoms with Gasteiger partial charge in [0.25, 0.3) is 5.56 Å². The van der Waals surface area contributed by atoms with E-state index in [2.05, 4.69) is 18.8 Å². The van der Waals surface area contributed by atoms with Crippen molar-refractivity contribution >= 4 is 35.0 Å². The van der Waals surface area contributed by atoms with Gasteiger partial charge in [-0.25, -0.2) is 9.79 Å². The Bertz CT molecular complexity index is 1550. The number of hydrogen-bond donors (Lipinski definition) is 1. The second-order valence-corrected chi connectivity index (χ2v) is 10.3. The van der Waals surface area contributed by atoms with Gasteiger partial charge in [-0.3, -0.25) is 9.36 Å². The molecule has 0 saturated carbocycles. The number of nitrogens with zero attached hydrogens (tertiary/aromatic N) is 2. The second-order valence-electron chi connectivity index (χ2n) is 8.91. The molecular formula is C28H29ClN2O5S. The standard InChI is InChI=1S/C28H29ClN2O5S/c1-6-35-21-13-17(12-20(29)25(21)32)14-22-26(33)31-24(19-10-8-18(9-11-19)15(3)4)23(27(34)36-7-2)16(5)30-28(31)37-22/h8-15,24,32H,6-7H2,1-5H3/b22-14+. The minimum Gasteiger partial charge on any atom is -0.503 e. The van der Waals surface area contributed by atoms with Gasteiger partial charge in [0.15, 0.2) is 16.3 Å². The average Bonchev–Trinajstić information content (AvgIpc) is 3.15. The molecule has 1 aromatic heterocycles. The maximum atomic E-state index is 13.8. The average molecular weight is 541 g/mol. The summed E-state index contributed by atoms with van der Waals surface area (Å²) in [5.74, 6) is -0.0709. The van der Waals surface area contributed by atoms with Gasteiger partial charge in [-0.05, 0) is 61.6 Å². The third kappa shape index (κ3) is 5.22. The zero-order valence-corrected chi connectivity index (χ0v) is 22.9. The molecule has 3 aromatic rings. The molecule has 0 amide bonds. The molecular weight excluding hydrogens is 512 g/mol. The van der Waals surface area contributed by atoms with E-state index < -0.39 is 12.0 Å². The minimum absolute atomic E-state index is 0.119.